The van der Waals surface area contributed by atoms with Crippen LogP contribution < -0.4 is 5.32 Å². The number of thiazole rings is 1. The van der Waals surface area contributed by atoms with Gasteiger partial charge in [-0.3, -0.25) is 4.98 Å². The molecule has 4 heteroatoms. The van der Waals surface area contributed by atoms with Crippen molar-refractivity contribution in [3.8, 4) is 11.4 Å². The first-order valence-corrected chi connectivity index (χ1v) is 6.92. The van der Waals surface area contributed by atoms with Crippen molar-refractivity contribution in [3.63, 3.8) is 0 Å². The van der Waals surface area contributed by atoms with Crippen molar-refractivity contribution in [2.45, 2.75) is 25.3 Å². The topological polar surface area (TPSA) is 37.8 Å². The third-order valence-electron chi connectivity index (χ3n) is 3.06. The summed E-state index contributed by atoms with van der Waals surface area (Å²) < 4.78 is 0. The van der Waals surface area contributed by atoms with Crippen molar-refractivity contribution < 1.29 is 0 Å². The maximum atomic E-state index is 4.70. The molecule has 1 aliphatic rings. The van der Waals surface area contributed by atoms with Gasteiger partial charge in [0.1, 0.15) is 5.01 Å². The fraction of sp³-hybridized carbons (Fsp3) is 0.385. The van der Waals surface area contributed by atoms with Crippen LogP contribution >= 0.6 is 11.3 Å². The Morgan fingerprint density at radius 3 is 3.00 bits per heavy atom. The number of hydrogen-bond donors (Lipinski definition) is 1. The van der Waals surface area contributed by atoms with Crippen LogP contribution in [0.3, 0.4) is 0 Å². The molecule has 1 aliphatic heterocycles. The SMILES string of the molecule is c1ccc(-c2csc([C@H]3CCCCN3)n2)nc1. The number of hydrogen-bond acceptors (Lipinski definition) is 4. The maximum absolute atomic E-state index is 4.70. The predicted molar refractivity (Wildman–Crippen MR) is 69.9 cm³/mol. The molecule has 3 rings (SSSR count). The van der Waals surface area contributed by atoms with Gasteiger partial charge < -0.3 is 5.32 Å². The Morgan fingerprint density at radius 1 is 1.24 bits per heavy atom. The van der Waals surface area contributed by atoms with Crippen molar-refractivity contribution in [2.24, 2.45) is 0 Å². The summed E-state index contributed by atoms with van der Waals surface area (Å²) in [6.07, 6.45) is 5.60. The van der Waals surface area contributed by atoms with Crippen LogP contribution in [0.5, 0.6) is 0 Å². The summed E-state index contributed by atoms with van der Waals surface area (Å²) in [7, 11) is 0. The molecular weight excluding hydrogens is 230 g/mol. The smallest absolute Gasteiger partial charge is 0.110 e. The highest BCUT2D eigenvalue weighted by atomic mass is 32.1. The highest BCUT2D eigenvalue weighted by molar-refractivity contribution is 7.10. The van der Waals surface area contributed by atoms with Crippen LogP contribution in [-0.4, -0.2) is 16.5 Å². The van der Waals surface area contributed by atoms with Crippen LogP contribution in [0.1, 0.15) is 30.3 Å². The Labute approximate surface area is 105 Å². The lowest BCUT2D eigenvalue weighted by atomic mass is 10.1. The summed E-state index contributed by atoms with van der Waals surface area (Å²) in [5.74, 6) is 0. The molecule has 0 spiro atoms. The highest BCUT2D eigenvalue weighted by Crippen LogP contribution is 2.28. The highest BCUT2D eigenvalue weighted by Gasteiger charge is 2.18. The molecule has 2 aromatic heterocycles. The summed E-state index contributed by atoms with van der Waals surface area (Å²) in [6, 6.07) is 6.39. The summed E-state index contributed by atoms with van der Waals surface area (Å²) in [6.45, 7) is 1.11. The van der Waals surface area contributed by atoms with Crippen LogP contribution in [0.2, 0.25) is 0 Å². The van der Waals surface area contributed by atoms with E-state index in [1.165, 1.54) is 24.3 Å². The summed E-state index contributed by atoms with van der Waals surface area (Å²) >= 11 is 1.74. The Hall–Kier alpha value is -1.26. The second-order valence-electron chi connectivity index (χ2n) is 4.29. The van der Waals surface area contributed by atoms with E-state index in [1.807, 2.05) is 24.4 Å². The molecule has 88 valence electrons. The van der Waals surface area contributed by atoms with Gasteiger partial charge in [-0.25, -0.2) is 4.98 Å². The standard InChI is InChI=1S/C13H15N3S/c1-3-7-14-10(5-1)12-9-17-13(16-12)11-6-2-4-8-15-11/h1,3,5,7,9,11,15H,2,4,6,8H2/t11-/m1/s1. The molecule has 0 radical (unpaired) electrons. The van der Waals surface area contributed by atoms with E-state index in [-0.39, 0.29) is 0 Å². The van der Waals surface area contributed by atoms with E-state index in [0.717, 1.165) is 17.9 Å². The van der Waals surface area contributed by atoms with Gasteiger partial charge in [0.15, 0.2) is 0 Å². The second kappa shape index (κ2) is 4.94. The van der Waals surface area contributed by atoms with Crippen molar-refractivity contribution in [2.75, 3.05) is 6.54 Å². The third kappa shape index (κ3) is 2.37. The third-order valence-corrected chi connectivity index (χ3v) is 4.02. The predicted octanol–water partition coefficient (Wildman–Crippen LogP) is 3.02. The molecule has 1 N–H and O–H groups in total. The first-order chi connectivity index (χ1) is 8.43. The minimum Gasteiger partial charge on any atom is -0.308 e. The lowest BCUT2D eigenvalue weighted by Gasteiger charge is -2.21. The summed E-state index contributed by atoms with van der Waals surface area (Å²) in [4.78, 5) is 9.03. The number of aromatic nitrogens is 2. The number of rotatable bonds is 2. The van der Waals surface area contributed by atoms with Gasteiger partial charge in [-0.2, -0.15) is 0 Å². The average Bonchev–Trinajstić information content (AvgIpc) is 2.90. The molecule has 0 bridgehead atoms. The zero-order chi connectivity index (χ0) is 11.5. The van der Waals surface area contributed by atoms with E-state index < -0.39 is 0 Å². The minimum absolute atomic E-state index is 0.450. The molecule has 1 saturated heterocycles. The maximum Gasteiger partial charge on any atom is 0.110 e. The molecule has 1 atom stereocenters. The van der Waals surface area contributed by atoms with E-state index >= 15 is 0 Å². The molecule has 0 saturated carbocycles. The largest absolute Gasteiger partial charge is 0.308 e. The van der Waals surface area contributed by atoms with Gasteiger partial charge in [0.05, 0.1) is 17.4 Å². The van der Waals surface area contributed by atoms with Gasteiger partial charge in [-0.1, -0.05) is 12.5 Å². The normalized spacial score (nSPS) is 20.4. The monoisotopic (exact) mass is 245 g/mol. The Bertz CT molecular complexity index is 474. The lowest BCUT2D eigenvalue weighted by Crippen LogP contribution is -2.26. The quantitative estimate of drug-likeness (QED) is 0.883. The van der Waals surface area contributed by atoms with Gasteiger partial charge in [-0.05, 0) is 31.5 Å². The summed E-state index contributed by atoms with van der Waals surface area (Å²) in [5, 5.41) is 6.83. The van der Waals surface area contributed by atoms with Crippen molar-refractivity contribution >= 4 is 11.3 Å². The first kappa shape index (κ1) is 10.9. The fourth-order valence-electron chi connectivity index (χ4n) is 2.14. The molecule has 0 aromatic carbocycles. The van der Waals surface area contributed by atoms with Gasteiger partial charge in [0.2, 0.25) is 0 Å². The van der Waals surface area contributed by atoms with E-state index in [1.54, 1.807) is 11.3 Å². The Morgan fingerprint density at radius 2 is 2.24 bits per heavy atom. The Balaban J connectivity index is 1.83. The molecule has 3 nitrogen and oxygen atoms in total. The van der Waals surface area contributed by atoms with Gasteiger partial charge in [-0.15, -0.1) is 11.3 Å². The number of piperidine rings is 1. The average molecular weight is 245 g/mol. The van der Waals surface area contributed by atoms with Crippen LogP contribution in [0, 0.1) is 0 Å². The van der Waals surface area contributed by atoms with Crippen LogP contribution in [-0.2, 0) is 0 Å². The minimum atomic E-state index is 0.450. The molecule has 0 unspecified atom stereocenters. The molecule has 3 heterocycles. The van der Waals surface area contributed by atoms with Crippen molar-refractivity contribution in [1.82, 2.24) is 15.3 Å². The fourth-order valence-corrected chi connectivity index (χ4v) is 3.06. The lowest BCUT2D eigenvalue weighted by molar-refractivity contribution is 0.411. The molecule has 2 aromatic rings. The summed E-state index contributed by atoms with van der Waals surface area (Å²) in [5.41, 5.74) is 1.96. The van der Waals surface area contributed by atoms with Gasteiger partial charge >= 0.3 is 0 Å². The van der Waals surface area contributed by atoms with Crippen LogP contribution in [0.4, 0.5) is 0 Å². The van der Waals surface area contributed by atoms with E-state index in [2.05, 4.69) is 15.7 Å². The molecule has 1 fully saturated rings. The first-order valence-electron chi connectivity index (χ1n) is 6.04. The number of nitrogens with one attached hydrogen (secondary N) is 1. The second-order valence-corrected chi connectivity index (χ2v) is 5.18. The molecular formula is C13H15N3S. The van der Waals surface area contributed by atoms with Crippen molar-refractivity contribution in [1.29, 1.82) is 0 Å². The molecule has 17 heavy (non-hydrogen) atoms. The zero-order valence-corrected chi connectivity index (χ0v) is 10.4. The van der Waals surface area contributed by atoms with Crippen LogP contribution in [0.25, 0.3) is 11.4 Å². The number of nitrogens with zero attached hydrogens (tertiary/aromatic N) is 2. The van der Waals surface area contributed by atoms with E-state index in [0.29, 0.717) is 6.04 Å². The van der Waals surface area contributed by atoms with Gasteiger partial charge in [0.25, 0.3) is 0 Å². The zero-order valence-electron chi connectivity index (χ0n) is 9.60. The molecule has 0 amide bonds. The van der Waals surface area contributed by atoms with Crippen LogP contribution in [0.15, 0.2) is 29.8 Å². The van der Waals surface area contributed by atoms with Crippen molar-refractivity contribution in [3.05, 3.63) is 34.8 Å². The van der Waals surface area contributed by atoms with E-state index in [9.17, 15) is 0 Å². The molecule has 0 aliphatic carbocycles. The number of pyridine rings is 1. The van der Waals surface area contributed by atoms with Gasteiger partial charge in [0, 0.05) is 11.6 Å². The Kier molecular flexibility index (Phi) is 3.16. The van der Waals surface area contributed by atoms with E-state index in [4.69, 9.17) is 4.98 Å².